The minimum Gasteiger partial charge on any atom is -0.478 e. The first-order valence-electron chi connectivity index (χ1n) is 6.76. The van der Waals surface area contributed by atoms with Gasteiger partial charge in [-0.3, -0.25) is 9.79 Å². The number of carboxylic acid groups (broad SMARTS) is 1. The molecule has 0 aromatic carbocycles. The highest BCUT2D eigenvalue weighted by atomic mass is 16.4. The predicted octanol–water partition coefficient (Wildman–Crippen LogP) is 1.88. The van der Waals surface area contributed by atoms with Gasteiger partial charge in [0.1, 0.15) is 11.4 Å². The number of carboxylic acids is 1. The summed E-state index contributed by atoms with van der Waals surface area (Å²) in [6.45, 7) is 3.51. The summed E-state index contributed by atoms with van der Waals surface area (Å²) in [7, 11) is 0. The molecular formula is C14H20N2O3. The molecule has 5 heteroatoms. The minimum absolute atomic E-state index is 0.104. The number of rotatable bonds is 3. The molecule has 1 fully saturated rings. The Kier molecular flexibility index (Phi) is 3.73. The van der Waals surface area contributed by atoms with Crippen LogP contribution in [0.25, 0.3) is 0 Å². The molecule has 0 radical (unpaired) electrons. The fourth-order valence-corrected chi connectivity index (χ4v) is 2.93. The summed E-state index contributed by atoms with van der Waals surface area (Å²) in [5, 5.41) is 11.5. The summed E-state index contributed by atoms with van der Waals surface area (Å²) in [6.07, 6.45) is 6.61. The second-order valence-corrected chi connectivity index (χ2v) is 5.56. The third kappa shape index (κ3) is 2.69. The molecule has 0 bridgehead atoms. The molecule has 2 N–H and O–H groups in total. The molecule has 104 valence electrons. The lowest BCUT2D eigenvalue weighted by Gasteiger charge is -2.32. The van der Waals surface area contributed by atoms with E-state index in [-0.39, 0.29) is 11.8 Å². The summed E-state index contributed by atoms with van der Waals surface area (Å²) in [4.78, 5) is 27.4. The summed E-state index contributed by atoms with van der Waals surface area (Å²) < 4.78 is 0. The minimum atomic E-state index is -1.03. The van der Waals surface area contributed by atoms with Gasteiger partial charge in [0.15, 0.2) is 0 Å². The van der Waals surface area contributed by atoms with Crippen LogP contribution in [-0.4, -0.2) is 28.4 Å². The Morgan fingerprint density at radius 3 is 2.63 bits per heavy atom. The molecule has 0 aromatic rings. The fourth-order valence-electron chi connectivity index (χ4n) is 2.93. The second-order valence-electron chi connectivity index (χ2n) is 5.56. The number of aliphatic carboxylic acids is 1. The maximum atomic E-state index is 12.2. The van der Waals surface area contributed by atoms with Gasteiger partial charge in [0.2, 0.25) is 0 Å². The van der Waals surface area contributed by atoms with Crippen molar-refractivity contribution in [3.63, 3.8) is 0 Å². The standard InChI is InChI=1S/C14H20N2O3/c1-9(8-11(17)18)12-15-13(19)14(2,16-12)10-6-4-3-5-7-10/h8,10H,3-7H2,1-2H3,(H,17,18)(H,15,16,19)/b9-8-. The van der Waals surface area contributed by atoms with Gasteiger partial charge in [-0.1, -0.05) is 19.3 Å². The van der Waals surface area contributed by atoms with Crippen molar-refractivity contribution in [2.24, 2.45) is 10.9 Å². The van der Waals surface area contributed by atoms with E-state index in [2.05, 4.69) is 10.3 Å². The number of nitrogens with one attached hydrogen (secondary N) is 1. The Morgan fingerprint density at radius 1 is 1.42 bits per heavy atom. The van der Waals surface area contributed by atoms with Crippen molar-refractivity contribution in [2.75, 3.05) is 0 Å². The van der Waals surface area contributed by atoms with E-state index in [0.29, 0.717) is 11.4 Å². The number of carbonyl (C=O) groups is 2. The van der Waals surface area contributed by atoms with Gasteiger partial charge in [-0.2, -0.15) is 0 Å². The zero-order valence-electron chi connectivity index (χ0n) is 11.4. The lowest BCUT2D eigenvalue weighted by atomic mass is 9.76. The topological polar surface area (TPSA) is 78.8 Å². The van der Waals surface area contributed by atoms with Crippen LogP contribution in [-0.2, 0) is 9.59 Å². The Hall–Kier alpha value is -1.65. The average Bonchev–Trinajstić information content (AvgIpc) is 2.68. The molecule has 1 atom stereocenters. The highest BCUT2D eigenvalue weighted by molar-refractivity contribution is 6.16. The zero-order valence-corrected chi connectivity index (χ0v) is 11.4. The molecule has 1 aliphatic heterocycles. The molecule has 1 unspecified atom stereocenters. The van der Waals surface area contributed by atoms with Crippen molar-refractivity contribution in [1.82, 2.24) is 5.32 Å². The quantitative estimate of drug-likeness (QED) is 0.764. The molecule has 5 nitrogen and oxygen atoms in total. The third-order valence-electron chi connectivity index (χ3n) is 4.15. The number of nitrogens with zero attached hydrogens (tertiary/aromatic N) is 1. The van der Waals surface area contributed by atoms with Gasteiger partial charge in [-0.05, 0) is 38.2 Å². The number of hydrogen-bond donors (Lipinski definition) is 2. The van der Waals surface area contributed by atoms with Crippen molar-refractivity contribution >= 4 is 17.7 Å². The van der Waals surface area contributed by atoms with Crippen molar-refractivity contribution in [1.29, 1.82) is 0 Å². The van der Waals surface area contributed by atoms with E-state index >= 15 is 0 Å². The van der Waals surface area contributed by atoms with Crippen molar-refractivity contribution in [3.8, 4) is 0 Å². The summed E-state index contributed by atoms with van der Waals surface area (Å²) in [5.41, 5.74) is -0.246. The lowest BCUT2D eigenvalue weighted by molar-refractivity contribution is -0.131. The number of amides is 1. The van der Waals surface area contributed by atoms with Crippen LogP contribution < -0.4 is 5.32 Å². The fraction of sp³-hybridized carbons (Fsp3) is 0.643. The number of hydrogen-bond acceptors (Lipinski definition) is 3. The predicted molar refractivity (Wildman–Crippen MR) is 72.0 cm³/mol. The Balaban J connectivity index is 2.24. The van der Waals surface area contributed by atoms with E-state index in [9.17, 15) is 9.59 Å². The zero-order chi connectivity index (χ0) is 14.0. The van der Waals surface area contributed by atoms with E-state index in [1.807, 2.05) is 6.92 Å². The first-order chi connectivity index (χ1) is 8.93. The molecule has 0 spiro atoms. The molecule has 0 aromatic heterocycles. The molecule has 2 rings (SSSR count). The lowest BCUT2D eigenvalue weighted by Crippen LogP contribution is -2.44. The largest absolute Gasteiger partial charge is 0.478 e. The highest BCUT2D eigenvalue weighted by Crippen LogP contribution is 2.37. The normalized spacial score (nSPS) is 29.1. The first-order valence-corrected chi connectivity index (χ1v) is 6.76. The first kappa shape index (κ1) is 13.8. The molecule has 1 aliphatic carbocycles. The van der Waals surface area contributed by atoms with Gasteiger partial charge < -0.3 is 10.4 Å². The van der Waals surface area contributed by atoms with Crippen LogP contribution >= 0.6 is 0 Å². The SMILES string of the molecule is C/C(=C/C(=O)O)C1=NC(C)(C2CCCCC2)C(=O)N1. The van der Waals surface area contributed by atoms with Gasteiger partial charge >= 0.3 is 5.97 Å². The molecule has 1 saturated carbocycles. The van der Waals surface area contributed by atoms with Gasteiger partial charge in [-0.15, -0.1) is 0 Å². The number of amidine groups is 1. The molecule has 0 saturated heterocycles. The van der Waals surface area contributed by atoms with Gasteiger partial charge in [0.25, 0.3) is 5.91 Å². The van der Waals surface area contributed by atoms with Gasteiger partial charge in [0, 0.05) is 6.08 Å². The van der Waals surface area contributed by atoms with E-state index in [1.165, 1.54) is 6.42 Å². The van der Waals surface area contributed by atoms with Crippen LogP contribution in [0.4, 0.5) is 0 Å². The molecule has 2 aliphatic rings. The van der Waals surface area contributed by atoms with Crippen LogP contribution in [0, 0.1) is 5.92 Å². The van der Waals surface area contributed by atoms with Crippen LogP contribution in [0.1, 0.15) is 46.0 Å². The van der Waals surface area contributed by atoms with Gasteiger partial charge in [0.05, 0.1) is 0 Å². The van der Waals surface area contributed by atoms with Crippen LogP contribution in [0.5, 0.6) is 0 Å². The van der Waals surface area contributed by atoms with Gasteiger partial charge in [-0.25, -0.2) is 4.79 Å². The van der Waals surface area contributed by atoms with Crippen molar-refractivity contribution in [2.45, 2.75) is 51.5 Å². The van der Waals surface area contributed by atoms with Crippen LogP contribution in [0.3, 0.4) is 0 Å². The number of carbonyl (C=O) groups excluding carboxylic acids is 1. The van der Waals surface area contributed by atoms with E-state index < -0.39 is 11.5 Å². The van der Waals surface area contributed by atoms with Crippen molar-refractivity contribution < 1.29 is 14.7 Å². The maximum absolute atomic E-state index is 12.2. The summed E-state index contributed by atoms with van der Waals surface area (Å²) in [5.74, 6) is -0.467. The number of aliphatic imine (C=N–C) groups is 1. The van der Waals surface area contributed by atoms with E-state index in [4.69, 9.17) is 5.11 Å². The highest BCUT2D eigenvalue weighted by Gasteiger charge is 2.45. The van der Waals surface area contributed by atoms with Crippen LogP contribution in [0.2, 0.25) is 0 Å². The molecule has 1 heterocycles. The maximum Gasteiger partial charge on any atom is 0.328 e. The van der Waals surface area contributed by atoms with Crippen LogP contribution in [0.15, 0.2) is 16.6 Å². The van der Waals surface area contributed by atoms with Crippen molar-refractivity contribution in [3.05, 3.63) is 11.6 Å². The molecular weight excluding hydrogens is 244 g/mol. The third-order valence-corrected chi connectivity index (χ3v) is 4.15. The molecule has 19 heavy (non-hydrogen) atoms. The average molecular weight is 264 g/mol. The van der Waals surface area contributed by atoms with E-state index in [0.717, 1.165) is 31.8 Å². The smallest absolute Gasteiger partial charge is 0.328 e. The summed E-state index contributed by atoms with van der Waals surface area (Å²) in [6, 6.07) is 0. The Bertz CT molecular complexity index is 461. The Morgan fingerprint density at radius 2 is 2.05 bits per heavy atom. The van der Waals surface area contributed by atoms with E-state index in [1.54, 1.807) is 6.92 Å². The second kappa shape index (κ2) is 5.15. The Labute approximate surface area is 112 Å². The monoisotopic (exact) mass is 264 g/mol. The summed E-state index contributed by atoms with van der Waals surface area (Å²) >= 11 is 0. The molecule has 1 amide bonds.